The quantitative estimate of drug-likeness (QED) is 0.747. The molecule has 1 aromatic carbocycles. The topological polar surface area (TPSA) is 81.9 Å². The van der Waals surface area contributed by atoms with E-state index in [2.05, 4.69) is 43.7 Å². The molecule has 1 aromatic heterocycles. The average Bonchev–Trinajstić information content (AvgIpc) is 3.10. The summed E-state index contributed by atoms with van der Waals surface area (Å²) in [5.74, 6) is 1.47. The van der Waals surface area contributed by atoms with E-state index in [0.717, 1.165) is 52.7 Å². The van der Waals surface area contributed by atoms with Gasteiger partial charge >= 0.3 is 0 Å². The first-order valence-corrected chi connectivity index (χ1v) is 9.71. The number of hydrogen-bond donors (Lipinski definition) is 1. The Balaban J connectivity index is 1.84. The highest BCUT2D eigenvalue weighted by Gasteiger charge is 2.38. The van der Waals surface area contributed by atoms with Crippen molar-refractivity contribution >= 4 is 27.7 Å². The van der Waals surface area contributed by atoms with E-state index in [-0.39, 0.29) is 11.8 Å². The second-order valence-corrected chi connectivity index (χ2v) is 7.44. The Kier molecular flexibility index (Phi) is 4.76. The number of tetrazole rings is 1. The number of fused-ring (bicyclic) bond motifs is 1. The number of anilines is 1. The van der Waals surface area contributed by atoms with Gasteiger partial charge in [-0.2, -0.15) is 4.68 Å². The van der Waals surface area contributed by atoms with Gasteiger partial charge in [0.05, 0.1) is 6.61 Å². The van der Waals surface area contributed by atoms with Gasteiger partial charge in [-0.25, -0.2) is 0 Å². The van der Waals surface area contributed by atoms with Crippen molar-refractivity contribution < 1.29 is 9.53 Å². The first kappa shape index (κ1) is 17.2. The zero-order valence-electron chi connectivity index (χ0n) is 14.5. The van der Waals surface area contributed by atoms with Gasteiger partial charge in [0.1, 0.15) is 11.8 Å². The van der Waals surface area contributed by atoms with Crippen LogP contribution in [0.15, 0.2) is 33.9 Å². The molecule has 0 radical (unpaired) electrons. The summed E-state index contributed by atoms with van der Waals surface area (Å²) in [7, 11) is 0. The molecule has 0 saturated carbocycles. The highest BCUT2D eigenvalue weighted by atomic mass is 79.9. The van der Waals surface area contributed by atoms with Gasteiger partial charge in [-0.15, -0.1) is 0 Å². The lowest BCUT2D eigenvalue weighted by atomic mass is 9.85. The standard InChI is InChI=1S/C18H20BrN5O2/c1-2-3-9-26-15-8-7-11(19)10-12(15)17-16-13(5-4-6-14(16)25)20-18-21-22-23-24(17)18/h7-8,10,17H,2-6,9H2,1H3,(H,20,21,23). The number of unbranched alkanes of at least 4 members (excludes halogenated alkanes) is 1. The number of nitrogens with zero attached hydrogens (tertiary/aromatic N) is 4. The molecule has 4 rings (SSSR count). The molecule has 0 bridgehead atoms. The Morgan fingerprint density at radius 2 is 2.27 bits per heavy atom. The highest BCUT2D eigenvalue weighted by molar-refractivity contribution is 9.10. The summed E-state index contributed by atoms with van der Waals surface area (Å²) in [5, 5.41) is 15.2. The van der Waals surface area contributed by atoms with E-state index >= 15 is 0 Å². The van der Waals surface area contributed by atoms with Crippen LogP contribution in [-0.4, -0.2) is 32.6 Å². The molecular weight excluding hydrogens is 398 g/mol. The number of rotatable bonds is 5. The van der Waals surface area contributed by atoms with Crippen LogP contribution in [-0.2, 0) is 4.79 Å². The third-order valence-electron chi connectivity index (χ3n) is 4.75. The lowest BCUT2D eigenvalue weighted by molar-refractivity contribution is -0.116. The number of ether oxygens (including phenoxy) is 1. The second kappa shape index (κ2) is 7.19. The van der Waals surface area contributed by atoms with Gasteiger partial charge in [-0.1, -0.05) is 34.4 Å². The summed E-state index contributed by atoms with van der Waals surface area (Å²) >= 11 is 3.55. The van der Waals surface area contributed by atoms with Gasteiger partial charge in [0.2, 0.25) is 5.95 Å². The Hall–Kier alpha value is -2.22. The van der Waals surface area contributed by atoms with Crippen molar-refractivity contribution in [3.8, 4) is 5.75 Å². The van der Waals surface area contributed by atoms with E-state index in [1.807, 2.05) is 18.2 Å². The summed E-state index contributed by atoms with van der Waals surface area (Å²) in [6.07, 6.45) is 4.26. The van der Waals surface area contributed by atoms with Crippen LogP contribution in [0.2, 0.25) is 0 Å². The number of hydrogen-bond acceptors (Lipinski definition) is 6. The molecule has 2 heterocycles. The molecule has 136 valence electrons. The normalized spacial score (nSPS) is 19.0. The van der Waals surface area contributed by atoms with Crippen LogP contribution in [0.3, 0.4) is 0 Å². The maximum Gasteiger partial charge on any atom is 0.248 e. The number of nitrogens with one attached hydrogen (secondary N) is 1. The van der Waals surface area contributed by atoms with Crippen LogP contribution < -0.4 is 10.1 Å². The number of carbonyl (C=O) groups excluding carboxylic acids is 1. The Labute approximate surface area is 159 Å². The monoisotopic (exact) mass is 417 g/mol. The number of carbonyl (C=O) groups is 1. The van der Waals surface area contributed by atoms with Gasteiger partial charge in [-0.3, -0.25) is 4.79 Å². The Bertz CT molecular complexity index is 876. The third kappa shape index (κ3) is 3.02. The molecule has 1 atom stereocenters. The van der Waals surface area contributed by atoms with Gasteiger partial charge in [0, 0.05) is 27.7 Å². The number of Topliss-reactive ketones (excluding diaryl/α,β-unsaturated/α-hetero) is 1. The highest BCUT2D eigenvalue weighted by Crippen LogP contribution is 2.43. The van der Waals surface area contributed by atoms with Crippen molar-refractivity contribution in [1.29, 1.82) is 0 Å². The van der Waals surface area contributed by atoms with Crippen molar-refractivity contribution in [2.45, 2.75) is 45.1 Å². The molecule has 1 aliphatic heterocycles. The first-order chi connectivity index (χ1) is 12.7. The molecule has 7 nitrogen and oxygen atoms in total. The van der Waals surface area contributed by atoms with Crippen LogP contribution >= 0.6 is 15.9 Å². The predicted molar refractivity (Wildman–Crippen MR) is 100 cm³/mol. The summed E-state index contributed by atoms with van der Waals surface area (Å²) in [5.41, 5.74) is 2.57. The summed E-state index contributed by atoms with van der Waals surface area (Å²) < 4.78 is 8.64. The molecular formula is C18H20BrN5O2. The molecule has 2 aliphatic rings. The molecule has 8 heteroatoms. The fourth-order valence-electron chi connectivity index (χ4n) is 3.50. The minimum Gasteiger partial charge on any atom is -0.493 e. The molecule has 0 amide bonds. The van der Waals surface area contributed by atoms with Crippen molar-refractivity contribution in [1.82, 2.24) is 20.2 Å². The van der Waals surface area contributed by atoms with Crippen molar-refractivity contribution in [3.63, 3.8) is 0 Å². The van der Waals surface area contributed by atoms with Crippen molar-refractivity contribution in [2.24, 2.45) is 0 Å². The minimum absolute atomic E-state index is 0.143. The van der Waals surface area contributed by atoms with E-state index < -0.39 is 0 Å². The Morgan fingerprint density at radius 1 is 1.38 bits per heavy atom. The third-order valence-corrected chi connectivity index (χ3v) is 5.24. The minimum atomic E-state index is -0.377. The Morgan fingerprint density at radius 3 is 3.12 bits per heavy atom. The number of allylic oxidation sites excluding steroid dienone is 2. The SMILES string of the molecule is CCCCOc1ccc(Br)cc1C1C2=C(CCCC2=O)Nc2nnnn21. The van der Waals surface area contributed by atoms with E-state index in [4.69, 9.17) is 4.74 Å². The summed E-state index contributed by atoms with van der Waals surface area (Å²) in [4.78, 5) is 12.8. The van der Waals surface area contributed by atoms with Crippen molar-refractivity contribution in [2.75, 3.05) is 11.9 Å². The number of ketones is 1. The van der Waals surface area contributed by atoms with E-state index in [1.165, 1.54) is 0 Å². The zero-order valence-corrected chi connectivity index (χ0v) is 16.1. The van der Waals surface area contributed by atoms with E-state index in [9.17, 15) is 4.79 Å². The van der Waals surface area contributed by atoms with E-state index in [1.54, 1.807) is 4.68 Å². The summed E-state index contributed by atoms with van der Waals surface area (Å²) in [6, 6.07) is 5.51. The molecule has 26 heavy (non-hydrogen) atoms. The summed E-state index contributed by atoms with van der Waals surface area (Å²) in [6.45, 7) is 2.77. The van der Waals surface area contributed by atoms with E-state index in [0.29, 0.717) is 19.0 Å². The molecule has 1 N–H and O–H groups in total. The lowest BCUT2D eigenvalue weighted by Crippen LogP contribution is -2.31. The smallest absolute Gasteiger partial charge is 0.248 e. The van der Waals surface area contributed by atoms with Crippen molar-refractivity contribution in [3.05, 3.63) is 39.5 Å². The number of benzene rings is 1. The lowest BCUT2D eigenvalue weighted by Gasteiger charge is -2.32. The fraction of sp³-hybridized carbons (Fsp3) is 0.444. The second-order valence-electron chi connectivity index (χ2n) is 6.53. The van der Waals surface area contributed by atoms with Crippen LogP contribution in [0.25, 0.3) is 0 Å². The molecule has 1 aliphatic carbocycles. The maximum absolute atomic E-state index is 12.8. The fourth-order valence-corrected chi connectivity index (χ4v) is 3.87. The van der Waals surface area contributed by atoms with Crippen LogP contribution in [0.4, 0.5) is 5.95 Å². The van der Waals surface area contributed by atoms with Gasteiger partial charge in [-0.05, 0) is 47.9 Å². The zero-order chi connectivity index (χ0) is 18.1. The number of halogens is 1. The average molecular weight is 418 g/mol. The predicted octanol–water partition coefficient (Wildman–Crippen LogP) is 3.64. The molecule has 0 spiro atoms. The first-order valence-electron chi connectivity index (χ1n) is 8.92. The van der Waals surface area contributed by atoms with Gasteiger partial charge in [0.25, 0.3) is 0 Å². The largest absolute Gasteiger partial charge is 0.493 e. The van der Waals surface area contributed by atoms with Crippen LogP contribution in [0.1, 0.15) is 50.6 Å². The number of aromatic nitrogens is 4. The van der Waals surface area contributed by atoms with Crippen LogP contribution in [0, 0.1) is 0 Å². The molecule has 2 aromatic rings. The van der Waals surface area contributed by atoms with Crippen LogP contribution in [0.5, 0.6) is 5.75 Å². The molecule has 0 saturated heterocycles. The molecule has 1 unspecified atom stereocenters. The molecule has 0 fully saturated rings. The van der Waals surface area contributed by atoms with Gasteiger partial charge in [0.15, 0.2) is 5.78 Å². The van der Waals surface area contributed by atoms with Gasteiger partial charge < -0.3 is 10.1 Å². The maximum atomic E-state index is 12.8.